The van der Waals surface area contributed by atoms with Gasteiger partial charge in [-0.1, -0.05) is 26.7 Å². The summed E-state index contributed by atoms with van der Waals surface area (Å²) in [4.78, 5) is 26.5. The number of β-lactam (4-membered cyclic amide) rings is 1. The van der Waals surface area contributed by atoms with Crippen molar-refractivity contribution in [3.8, 4) is 11.2 Å². The molecular formula is C21H30N2O6S2. The number of carboxylic acid groups (broad SMARTS) is 1. The monoisotopic (exact) mass is 470 g/mol. The van der Waals surface area contributed by atoms with E-state index < -0.39 is 28.0 Å². The van der Waals surface area contributed by atoms with Gasteiger partial charge in [-0.2, -0.15) is 8.42 Å². The summed E-state index contributed by atoms with van der Waals surface area (Å²) in [5, 5.41) is 22.1. The summed E-state index contributed by atoms with van der Waals surface area (Å²) >= 11 is 1.49. The summed E-state index contributed by atoms with van der Waals surface area (Å²) in [6.45, 7) is 9.39. The van der Waals surface area contributed by atoms with Crippen LogP contribution in [0.3, 0.4) is 0 Å². The molecule has 3 aliphatic rings. The molecule has 0 aromatic heterocycles. The summed E-state index contributed by atoms with van der Waals surface area (Å²) in [5.74, 6) is 0.252. The van der Waals surface area contributed by atoms with Crippen LogP contribution in [0.4, 0.5) is 0 Å². The molecule has 1 saturated heterocycles. The van der Waals surface area contributed by atoms with E-state index in [9.17, 15) is 28.2 Å². The molecule has 2 aliphatic heterocycles. The van der Waals surface area contributed by atoms with E-state index in [4.69, 9.17) is 0 Å². The highest BCUT2D eigenvalue weighted by Crippen LogP contribution is 2.55. The van der Waals surface area contributed by atoms with Gasteiger partial charge in [-0.05, 0) is 38.0 Å². The molecule has 2 fully saturated rings. The van der Waals surface area contributed by atoms with E-state index >= 15 is 0 Å². The number of hydrogen-bond donors (Lipinski definition) is 3. The number of sulfonamides is 1. The van der Waals surface area contributed by atoms with Crippen molar-refractivity contribution in [2.75, 3.05) is 6.54 Å². The minimum absolute atomic E-state index is 0.0320. The fraction of sp³-hybridized carbons (Fsp3) is 0.714. The van der Waals surface area contributed by atoms with Crippen molar-refractivity contribution in [2.45, 2.75) is 64.9 Å². The van der Waals surface area contributed by atoms with Gasteiger partial charge in [0.15, 0.2) is 0 Å². The van der Waals surface area contributed by atoms with E-state index in [0.717, 1.165) is 12.8 Å². The highest BCUT2D eigenvalue weighted by molar-refractivity contribution is 8.03. The molecule has 0 spiro atoms. The van der Waals surface area contributed by atoms with Crippen molar-refractivity contribution in [1.29, 1.82) is 0 Å². The van der Waals surface area contributed by atoms with Crippen molar-refractivity contribution in [1.82, 2.24) is 9.62 Å². The Morgan fingerprint density at radius 2 is 2.06 bits per heavy atom. The molecule has 172 valence electrons. The zero-order valence-electron chi connectivity index (χ0n) is 18.4. The quantitative estimate of drug-likeness (QED) is 0.381. The van der Waals surface area contributed by atoms with E-state index in [1.807, 2.05) is 6.92 Å². The van der Waals surface area contributed by atoms with Crippen molar-refractivity contribution in [3.05, 3.63) is 10.6 Å². The first-order chi connectivity index (χ1) is 14.3. The Morgan fingerprint density at radius 3 is 2.61 bits per heavy atom. The van der Waals surface area contributed by atoms with E-state index in [-0.39, 0.29) is 46.7 Å². The Labute approximate surface area is 187 Å². The number of amides is 1. The van der Waals surface area contributed by atoms with E-state index in [2.05, 4.69) is 29.7 Å². The van der Waals surface area contributed by atoms with Gasteiger partial charge in [-0.15, -0.1) is 11.8 Å². The van der Waals surface area contributed by atoms with Gasteiger partial charge in [0.25, 0.3) is 10.0 Å². The maximum atomic E-state index is 12.5. The van der Waals surface area contributed by atoms with Crippen molar-refractivity contribution in [2.24, 2.45) is 23.2 Å². The molecule has 6 unspecified atom stereocenters. The number of carbonyl (C=O) groups is 2. The van der Waals surface area contributed by atoms with Crippen LogP contribution in [0.25, 0.3) is 0 Å². The average molecular weight is 471 g/mol. The molecule has 0 radical (unpaired) electrons. The molecule has 0 aromatic rings. The third kappa shape index (κ3) is 4.38. The predicted octanol–water partition coefficient (Wildman–Crippen LogP) is 1.58. The number of fused-ring (bicyclic) bond motifs is 1. The SMILES string of the molecule is CC#CS(=O)(=O)NCC1CC(SC2=C(C(=O)O)N3C(=O)C(C(C)O)C3C2C)CC1(C)C. The number of carboxylic acids is 1. The number of aliphatic hydroxyl groups is 1. The first kappa shape index (κ1) is 24.1. The van der Waals surface area contributed by atoms with Crippen LogP contribution in [0.2, 0.25) is 0 Å². The number of carbonyl (C=O) groups excluding carboxylic acids is 1. The lowest BCUT2D eigenvalue weighted by Crippen LogP contribution is -2.63. The Bertz CT molecular complexity index is 976. The van der Waals surface area contributed by atoms with Crippen LogP contribution in [0.1, 0.15) is 47.5 Å². The van der Waals surface area contributed by atoms with Gasteiger partial charge < -0.3 is 15.1 Å². The lowest BCUT2D eigenvalue weighted by molar-refractivity contribution is -0.163. The molecule has 3 N–H and O–H groups in total. The van der Waals surface area contributed by atoms with Gasteiger partial charge in [0.1, 0.15) is 5.70 Å². The van der Waals surface area contributed by atoms with Gasteiger partial charge >= 0.3 is 5.97 Å². The Hall–Kier alpha value is -1.54. The molecule has 3 rings (SSSR count). The lowest BCUT2D eigenvalue weighted by atomic mass is 9.79. The molecule has 6 atom stereocenters. The van der Waals surface area contributed by atoms with Crippen LogP contribution < -0.4 is 4.72 Å². The lowest BCUT2D eigenvalue weighted by Gasteiger charge is -2.46. The second-order valence-electron chi connectivity index (χ2n) is 9.34. The minimum Gasteiger partial charge on any atom is -0.477 e. The number of rotatable bonds is 7. The van der Waals surface area contributed by atoms with Crippen LogP contribution in [-0.2, 0) is 19.6 Å². The van der Waals surface area contributed by atoms with Crippen LogP contribution in [0.15, 0.2) is 10.6 Å². The number of nitrogens with one attached hydrogen (secondary N) is 1. The molecule has 0 aromatic carbocycles. The second-order valence-corrected chi connectivity index (χ2v) is 12.2. The molecule has 31 heavy (non-hydrogen) atoms. The van der Waals surface area contributed by atoms with E-state index in [1.165, 1.54) is 23.6 Å². The summed E-state index contributed by atoms with van der Waals surface area (Å²) in [6.07, 6.45) is 0.691. The Balaban J connectivity index is 1.77. The summed E-state index contributed by atoms with van der Waals surface area (Å²) in [5.41, 5.74) is -0.104. The van der Waals surface area contributed by atoms with Crippen molar-refractivity contribution < 1.29 is 28.2 Å². The number of aliphatic carboxylic acids is 1. The fourth-order valence-electron chi connectivity index (χ4n) is 5.16. The fourth-order valence-corrected chi connectivity index (χ4v) is 7.77. The van der Waals surface area contributed by atoms with Gasteiger partial charge in [-0.3, -0.25) is 4.79 Å². The van der Waals surface area contributed by atoms with Gasteiger partial charge in [0.2, 0.25) is 5.91 Å². The third-order valence-corrected chi connectivity index (χ3v) is 9.30. The molecule has 1 aliphatic carbocycles. The van der Waals surface area contributed by atoms with Crippen LogP contribution >= 0.6 is 11.8 Å². The molecule has 1 saturated carbocycles. The first-order valence-electron chi connectivity index (χ1n) is 10.4. The summed E-state index contributed by atoms with van der Waals surface area (Å²) < 4.78 is 26.3. The number of nitrogens with zero attached hydrogens (tertiary/aromatic N) is 1. The van der Waals surface area contributed by atoms with Gasteiger partial charge in [0.05, 0.1) is 18.1 Å². The highest BCUT2D eigenvalue weighted by atomic mass is 32.2. The zero-order valence-corrected chi connectivity index (χ0v) is 20.0. The van der Waals surface area contributed by atoms with Crippen LogP contribution in [-0.4, -0.2) is 59.3 Å². The topological polar surface area (TPSA) is 124 Å². The van der Waals surface area contributed by atoms with Gasteiger partial charge in [-0.25, -0.2) is 9.52 Å². The first-order valence-corrected chi connectivity index (χ1v) is 12.8. The standard InChI is InChI=1S/C21H30N2O6S2/c1-6-7-31(28,29)22-10-13-8-14(9-21(13,4)5)30-18-11(2)16-15(12(3)24)19(25)23(16)17(18)20(26)27/h11-16,22,24H,8-10H2,1-5H3,(H,26,27). The summed E-state index contributed by atoms with van der Waals surface area (Å²) in [7, 11) is -3.64. The average Bonchev–Trinajstić information content (AvgIpc) is 3.04. The maximum absolute atomic E-state index is 12.5. The number of aliphatic hydroxyl groups excluding tert-OH is 1. The largest absolute Gasteiger partial charge is 0.477 e. The maximum Gasteiger partial charge on any atom is 0.353 e. The van der Waals surface area contributed by atoms with Crippen molar-refractivity contribution >= 4 is 33.7 Å². The molecule has 0 bridgehead atoms. The van der Waals surface area contributed by atoms with E-state index in [1.54, 1.807) is 6.92 Å². The van der Waals surface area contributed by atoms with E-state index in [0.29, 0.717) is 4.91 Å². The number of thioether (sulfide) groups is 1. The summed E-state index contributed by atoms with van der Waals surface area (Å²) in [6, 6.07) is -0.328. The minimum atomic E-state index is -3.64. The molecule has 10 heteroatoms. The Kier molecular flexibility index (Phi) is 6.55. The smallest absolute Gasteiger partial charge is 0.353 e. The number of hydrogen-bond acceptors (Lipinski definition) is 6. The van der Waals surface area contributed by atoms with Crippen LogP contribution in [0.5, 0.6) is 0 Å². The molecular weight excluding hydrogens is 440 g/mol. The van der Waals surface area contributed by atoms with Crippen molar-refractivity contribution in [3.63, 3.8) is 0 Å². The highest BCUT2D eigenvalue weighted by Gasteiger charge is 2.60. The second kappa shape index (κ2) is 8.43. The normalized spacial score (nSPS) is 32.9. The molecule has 2 heterocycles. The van der Waals surface area contributed by atoms with Crippen LogP contribution in [0, 0.1) is 34.3 Å². The molecule has 8 nitrogen and oxygen atoms in total. The third-order valence-electron chi connectivity index (χ3n) is 6.77. The Morgan fingerprint density at radius 1 is 1.42 bits per heavy atom. The predicted molar refractivity (Wildman–Crippen MR) is 118 cm³/mol. The van der Waals surface area contributed by atoms with Gasteiger partial charge in [0, 0.05) is 27.9 Å². The molecule has 1 amide bonds. The zero-order chi connectivity index (χ0) is 23.3.